The van der Waals surface area contributed by atoms with Crippen LogP contribution in [0.5, 0.6) is 0 Å². The molecule has 1 heterocycles. The Morgan fingerprint density at radius 1 is 1.47 bits per heavy atom. The second-order valence-electron chi connectivity index (χ2n) is 4.35. The summed E-state index contributed by atoms with van der Waals surface area (Å²) >= 11 is 1.64. The van der Waals surface area contributed by atoms with Crippen molar-refractivity contribution in [2.75, 3.05) is 33.9 Å². The Kier molecular flexibility index (Phi) is 7.72. The molecule has 0 aliphatic carbocycles. The van der Waals surface area contributed by atoms with Crippen LogP contribution in [-0.2, 0) is 11.3 Å². The zero-order chi connectivity index (χ0) is 14.1. The van der Waals surface area contributed by atoms with Gasteiger partial charge >= 0.3 is 0 Å². The third-order valence-corrected chi connectivity index (χ3v) is 3.40. The lowest BCUT2D eigenvalue weighted by Gasteiger charge is -2.19. The van der Waals surface area contributed by atoms with Crippen molar-refractivity contribution in [1.29, 1.82) is 0 Å². The highest BCUT2D eigenvalue weighted by Gasteiger charge is 2.09. The standard InChI is InChI=1S/C14H21NO3S/c1-15(9-12(17)11-18-2)10-14-7-6-13(19-14)5-3-4-8-16/h6-7,12,16-17H,4,8-11H2,1-2H3. The van der Waals surface area contributed by atoms with E-state index in [1.54, 1.807) is 18.4 Å². The van der Waals surface area contributed by atoms with Crippen LogP contribution in [0.15, 0.2) is 12.1 Å². The number of thiophene rings is 1. The van der Waals surface area contributed by atoms with Crippen molar-refractivity contribution in [3.8, 4) is 11.8 Å². The molecule has 0 aliphatic heterocycles. The van der Waals surface area contributed by atoms with Crippen molar-refractivity contribution in [1.82, 2.24) is 4.90 Å². The third-order valence-electron chi connectivity index (χ3n) is 2.42. The number of hydrogen-bond acceptors (Lipinski definition) is 5. The van der Waals surface area contributed by atoms with Gasteiger partial charge < -0.3 is 14.9 Å². The number of nitrogens with zero attached hydrogens (tertiary/aromatic N) is 1. The maximum atomic E-state index is 9.64. The Labute approximate surface area is 118 Å². The van der Waals surface area contributed by atoms with Gasteiger partial charge in [-0.05, 0) is 19.2 Å². The van der Waals surface area contributed by atoms with Crippen molar-refractivity contribution >= 4 is 11.3 Å². The maximum absolute atomic E-state index is 9.64. The molecule has 1 atom stereocenters. The Morgan fingerprint density at radius 3 is 2.95 bits per heavy atom. The van der Waals surface area contributed by atoms with Crippen LogP contribution in [0.1, 0.15) is 16.2 Å². The second-order valence-corrected chi connectivity index (χ2v) is 5.52. The van der Waals surface area contributed by atoms with E-state index >= 15 is 0 Å². The molecule has 0 saturated heterocycles. The SMILES string of the molecule is COCC(O)CN(C)Cc1ccc(C#CCCO)s1. The van der Waals surface area contributed by atoms with Crippen LogP contribution in [0.25, 0.3) is 0 Å². The van der Waals surface area contributed by atoms with Gasteiger partial charge in [-0.3, -0.25) is 4.90 Å². The second kappa shape index (κ2) is 9.08. The molecule has 1 aromatic rings. The van der Waals surface area contributed by atoms with E-state index in [2.05, 4.69) is 16.7 Å². The van der Waals surface area contributed by atoms with E-state index in [4.69, 9.17) is 9.84 Å². The van der Waals surface area contributed by atoms with Gasteiger partial charge in [-0.25, -0.2) is 0 Å². The Balaban J connectivity index is 2.43. The normalized spacial score (nSPS) is 12.3. The van der Waals surface area contributed by atoms with Gasteiger partial charge in [0, 0.05) is 31.5 Å². The molecule has 1 aromatic heterocycles. The van der Waals surface area contributed by atoms with E-state index in [9.17, 15) is 5.11 Å². The Morgan fingerprint density at radius 2 is 2.26 bits per heavy atom. The van der Waals surface area contributed by atoms with Gasteiger partial charge in [0.1, 0.15) is 0 Å². The summed E-state index contributed by atoms with van der Waals surface area (Å²) < 4.78 is 4.90. The molecular weight excluding hydrogens is 262 g/mol. The minimum atomic E-state index is -0.459. The molecule has 4 nitrogen and oxygen atoms in total. The molecule has 0 aromatic carbocycles. The fourth-order valence-electron chi connectivity index (χ4n) is 1.67. The molecule has 0 saturated carbocycles. The predicted octanol–water partition coefficient (Wildman–Crippen LogP) is 0.921. The molecule has 0 radical (unpaired) electrons. The van der Waals surface area contributed by atoms with Gasteiger partial charge in [0.25, 0.3) is 0 Å². The van der Waals surface area contributed by atoms with E-state index in [1.165, 1.54) is 4.88 Å². The summed E-state index contributed by atoms with van der Waals surface area (Å²) in [7, 11) is 3.55. The molecule has 0 bridgehead atoms. The lowest BCUT2D eigenvalue weighted by Crippen LogP contribution is -2.31. The number of methoxy groups -OCH3 is 1. The Hall–Kier alpha value is -0.900. The highest BCUT2D eigenvalue weighted by atomic mass is 32.1. The minimum absolute atomic E-state index is 0.103. The largest absolute Gasteiger partial charge is 0.395 e. The molecule has 0 aliphatic rings. The maximum Gasteiger partial charge on any atom is 0.0900 e. The third kappa shape index (κ3) is 6.71. The number of likely N-dealkylation sites (N-methyl/N-ethyl adjacent to an activating group) is 1. The minimum Gasteiger partial charge on any atom is -0.395 e. The smallest absolute Gasteiger partial charge is 0.0900 e. The fraction of sp³-hybridized carbons (Fsp3) is 0.571. The molecule has 1 rings (SSSR count). The molecule has 5 heteroatoms. The summed E-state index contributed by atoms with van der Waals surface area (Å²) in [4.78, 5) is 4.27. The van der Waals surface area contributed by atoms with Crippen molar-refractivity contribution in [2.45, 2.75) is 19.1 Å². The first-order valence-electron chi connectivity index (χ1n) is 6.19. The fourth-order valence-corrected chi connectivity index (χ4v) is 2.63. The van der Waals surface area contributed by atoms with Crippen LogP contribution < -0.4 is 0 Å². The van der Waals surface area contributed by atoms with Crippen molar-refractivity contribution in [2.24, 2.45) is 0 Å². The topological polar surface area (TPSA) is 52.9 Å². The number of ether oxygens (including phenoxy) is 1. The van der Waals surface area contributed by atoms with E-state index in [1.807, 2.05) is 19.2 Å². The van der Waals surface area contributed by atoms with Crippen molar-refractivity contribution in [3.63, 3.8) is 0 Å². The zero-order valence-electron chi connectivity index (χ0n) is 11.4. The molecular formula is C14H21NO3S. The van der Waals surface area contributed by atoms with E-state index < -0.39 is 6.10 Å². The van der Waals surface area contributed by atoms with Crippen molar-refractivity contribution in [3.05, 3.63) is 21.9 Å². The molecule has 106 valence electrons. The van der Waals surface area contributed by atoms with Crippen molar-refractivity contribution < 1.29 is 14.9 Å². The van der Waals surface area contributed by atoms with E-state index in [0.717, 1.165) is 11.4 Å². The molecule has 0 fully saturated rings. The first-order chi connectivity index (χ1) is 9.15. The summed E-state index contributed by atoms with van der Waals surface area (Å²) in [5.74, 6) is 5.93. The van der Waals surface area contributed by atoms with Gasteiger partial charge in [0.2, 0.25) is 0 Å². The molecule has 0 amide bonds. The van der Waals surface area contributed by atoms with Gasteiger partial charge in [-0.1, -0.05) is 11.8 Å². The average Bonchev–Trinajstić information content (AvgIpc) is 2.77. The molecule has 2 N–H and O–H groups in total. The molecule has 19 heavy (non-hydrogen) atoms. The van der Waals surface area contributed by atoms with Crippen LogP contribution in [-0.4, -0.2) is 55.1 Å². The van der Waals surface area contributed by atoms with Crippen LogP contribution in [0.2, 0.25) is 0 Å². The monoisotopic (exact) mass is 283 g/mol. The number of hydrogen-bond donors (Lipinski definition) is 2. The Bertz CT molecular complexity index is 422. The zero-order valence-corrected chi connectivity index (χ0v) is 12.2. The summed E-state index contributed by atoms with van der Waals surface area (Å²) in [6.45, 7) is 1.82. The number of rotatable bonds is 7. The van der Waals surface area contributed by atoms with Crippen LogP contribution in [0.3, 0.4) is 0 Å². The predicted molar refractivity (Wildman–Crippen MR) is 77.1 cm³/mol. The summed E-state index contributed by atoms with van der Waals surface area (Å²) in [5.41, 5.74) is 0. The summed E-state index contributed by atoms with van der Waals surface area (Å²) in [6.07, 6.45) is 0.0508. The first-order valence-corrected chi connectivity index (χ1v) is 7.01. The first kappa shape index (κ1) is 16.2. The molecule has 0 spiro atoms. The highest BCUT2D eigenvalue weighted by Crippen LogP contribution is 2.17. The van der Waals surface area contributed by atoms with E-state index in [-0.39, 0.29) is 6.61 Å². The van der Waals surface area contributed by atoms with Gasteiger partial charge in [0.15, 0.2) is 0 Å². The van der Waals surface area contributed by atoms with E-state index in [0.29, 0.717) is 19.6 Å². The molecule has 1 unspecified atom stereocenters. The lowest BCUT2D eigenvalue weighted by molar-refractivity contribution is 0.0420. The van der Waals surface area contributed by atoms with Crippen LogP contribution >= 0.6 is 11.3 Å². The van der Waals surface area contributed by atoms with Gasteiger partial charge in [-0.2, -0.15) is 0 Å². The number of aliphatic hydroxyl groups excluding tert-OH is 2. The van der Waals surface area contributed by atoms with Gasteiger partial charge in [0.05, 0.1) is 24.2 Å². The average molecular weight is 283 g/mol. The van der Waals surface area contributed by atoms with Gasteiger partial charge in [-0.15, -0.1) is 11.3 Å². The highest BCUT2D eigenvalue weighted by molar-refractivity contribution is 7.12. The summed E-state index contributed by atoms with van der Waals surface area (Å²) in [5, 5.41) is 18.3. The summed E-state index contributed by atoms with van der Waals surface area (Å²) in [6, 6.07) is 4.04. The lowest BCUT2D eigenvalue weighted by atomic mass is 10.3. The number of aliphatic hydroxyl groups is 2. The quantitative estimate of drug-likeness (QED) is 0.731. The van der Waals surface area contributed by atoms with Crippen LogP contribution in [0, 0.1) is 11.8 Å². The van der Waals surface area contributed by atoms with Crippen LogP contribution in [0.4, 0.5) is 0 Å².